The first-order valence-corrected chi connectivity index (χ1v) is 5.94. The number of H-pyrrole nitrogens is 1. The molecule has 1 heterocycles. The molecule has 7 heteroatoms. The predicted octanol–water partition coefficient (Wildman–Crippen LogP) is -0.822. The Morgan fingerprint density at radius 2 is 2.36 bits per heavy atom. The molecule has 0 aromatic carbocycles. The smallest absolute Gasteiger partial charge is 0.211 e. The normalized spacial score (nSPS) is 11.8. The summed E-state index contributed by atoms with van der Waals surface area (Å²) in [5.41, 5.74) is 6.03. The highest BCUT2D eigenvalue weighted by Crippen LogP contribution is 1.95. The fraction of sp³-hybridized carbons (Fsp3) is 0.571. The molecule has 0 aliphatic carbocycles. The zero-order chi connectivity index (χ0) is 10.4. The Balaban J connectivity index is 2.37. The quantitative estimate of drug-likeness (QED) is 0.580. The summed E-state index contributed by atoms with van der Waals surface area (Å²) in [6, 6.07) is 0. The number of aromatic amines is 1. The van der Waals surface area contributed by atoms with Crippen LogP contribution in [0.15, 0.2) is 12.4 Å². The van der Waals surface area contributed by atoms with Gasteiger partial charge in [-0.25, -0.2) is 13.1 Å². The summed E-state index contributed by atoms with van der Waals surface area (Å²) in [6.07, 6.45) is 3.69. The maximum atomic E-state index is 11.3. The molecule has 14 heavy (non-hydrogen) atoms. The molecule has 0 radical (unpaired) electrons. The van der Waals surface area contributed by atoms with E-state index in [9.17, 15) is 8.42 Å². The molecule has 80 valence electrons. The lowest BCUT2D eigenvalue weighted by Crippen LogP contribution is -2.26. The monoisotopic (exact) mass is 218 g/mol. The summed E-state index contributed by atoms with van der Waals surface area (Å²) in [7, 11) is -3.19. The first kappa shape index (κ1) is 11.2. The average Bonchev–Trinajstić information content (AvgIpc) is 2.64. The summed E-state index contributed by atoms with van der Waals surface area (Å²) in [6.45, 7) is 0.649. The average molecular weight is 218 g/mol. The van der Waals surface area contributed by atoms with Crippen molar-refractivity contribution in [3.63, 3.8) is 0 Å². The molecule has 0 unspecified atom stereocenters. The van der Waals surface area contributed by atoms with Gasteiger partial charge in [0.15, 0.2) is 0 Å². The van der Waals surface area contributed by atoms with E-state index in [-0.39, 0.29) is 12.3 Å². The second-order valence-corrected chi connectivity index (χ2v) is 4.82. The third kappa shape index (κ3) is 3.86. The number of nitrogens with one attached hydrogen (secondary N) is 2. The molecule has 1 rings (SSSR count). The van der Waals surface area contributed by atoms with Gasteiger partial charge < -0.3 is 5.73 Å². The number of aromatic nitrogens is 2. The van der Waals surface area contributed by atoms with Gasteiger partial charge in [-0.3, -0.25) is 5.10 Å². The topological polar surface area (TPSA) is 101 Å². The Bertz CT molecular complexity index is 346. The third-order valence-electron chi connectivity index (χ3n) is 1.67. The highest BCUT2D eigenvalue weighted by atomic mass is 32.2. The van der Waals surface area contributed by atoms with Gasteiger partial charge in [-0.1, -0.05) is 0 Å². The third-order valence-corrected chi connectivity index (χ3v) is 3.08. The van der Waals surface area contributed by atoms with Crippen LogP contribution in [0.25, 0.3) is 0 Å². The van der Waals surface area contributed by atoms with E-state index in [0.29, 0.717) is 13.0 Å². The summed E-state index contributed by atoms with van der Waals surface area (Å²) in [5, 5.41) is 6.31. The Hall–Kier alpha value is -0.920. The van der Waals surface area contributed by atoms with Gasteiger partial charge in [0.2, 0.25) is 10.0 Å². The van der Waals surface area contributed by atoms with Crippen molar-refractivity contribution in [2.24, 2.45) is 5.73 Å². The van der Waals surface area contributed by atoms with Crippen LogP contribution in [-0.4, -0.2) is 30.9 Å². The number of nitrogens with two attached hydrogens (primary N) is 1. The number of nitrogens with zero attached hydrogens (tertiary/aromatic N) is 1. The van der Waals surface area contributed by atoms with Gasteiger partial charge in [0, 0.05) is 18.3 Å². The van der Waals surface area contributed by atoms with E-state index < -0.39 is 10.0 Å². The lowest BCUT2D eigenvalue weighted by Gasteiger charge is -2.03. The van der Waals surface area contributed by atoms with Gasteiger partial charge in [-0.05, 0) is 13.0 Å². The molecule has 0 bridgehead atoms. The Labute approximate surface area is 82.9 Å². The fourth-order valence-electron chi connectivity index (χ4n) is 0.913. The fourth-order valence-corrected chi connectivity index (χ4v) is 1.99. The Kier molecular flexibility index (Phi) is 4.05. The second-order valence-electron chi connectivity index (χ2n) is 2.89. The minimum Gasteiger partial charge on any atom is -0.330 e. The molecule has 1 aromatic heterocycles. The van der Waals surface area contributed by atoms with Gasteiger partial charge in [0.05, 0.1) is 11.9 Å². The Morgan fingerprint density at radius 3 is 2.93 bits per heavy atom. The number of hydrogen-bond donors (Lipinski definition) is 3. The van der Waals surface area contributed by atoms with E-state index >= 15 is 0 Å². The van der Waals surface area contributed by atoms with Crippen molar-refractivity contribution in [1.82, 2.24) is 14.9 Å². The maximum Gasteiger partial charge on any atom is 0.211 e. The van der Waals surface area contributed by atoms with Gasteiger partial charge in [0.25, 0.3) is 0 Å². The largest absolute Gasteiger partial charge is 0.330 e. The molecular weight excluding hydrogens is 204 g/mol. The first-order valence-electron chi connectivity index (χ1n) is 4.29. The van der Waals surface area contributed by atoms with E-state index in [2.05, 4.69) is 14.9 Å². The predicted molar refractivity (Wildman–Crippen MR) is 52.9 cm³/mol. The number of sulfonamides is 1. The van der Waals surface area contributed by atoms with Crippen LogP contribution in [0.3, 0.4) is 0 Å². The highest BCUT2D eigenvalue weighted by molar-refractivity contribution is 7.89. The van der Waals surface area contributed by atoms with Crippen molar-refractivity contribution in [2.75, 3.05) is 12.3 Å². The summed E-state index contributed by atoms with van der Waals surface area (Å²) >= 11 is 0. The molecule has 4 N–H and O–H groups in total. The molecular formula is C7H14N4O2S. The first-order chi connectivity index (χ1) is 6.64. The van der Waals surface area contributed by atoms with Crippen LogP contribution in [0.2, 0.25) is 0 Å². The van der Waals surface area contributed by atoms with E-state index in [1.807, 2.05) is 0 Å². The van der Waals surface area contributed by atoms with Crippen molar-refractivity contribution in [1.29, 1.82) is 0 Å². The molecule has 1 aromatic rings. The van der Waals surface area contributed by atoms with E-state index in [0.717, 1.165) is 5.56 Å². The van der Waals surface area contributed by atoms with Crippen molar-refractivity contribution >= 4 is 10.0 Å². The molecule has 6 nitrogen and oxygen atoms in total. The molecule has 0 saturated heterocycles. The number of hydrogen-bond acceptors (Lipinski definition) is 4. The lowest BCUT2D eigenvalue weighted by atomic mass is 10.4. The SMILES string of the molecule is NCCCS(=O)(=O)NCc1cn[nH]c1. The van der Waals surface area contributed by atoms with Crippen LogP contribution in [-0.2, 0) is 16.6 Å². The molecule has 0 saturated carbocycles. The van der Waals surface area contributed by atoms with E-state index in [1.165, 1.54) is 0 Å². The van der Waals surface area contributed by atoms with Gasteiger partial charge in [-0.2, -0.15) is 5.10 Å². The van der Waals surface area contributed by atoms with Crippen LogP contribution < -0.4 is 10.5 Å². The van der Waals surface area contributed by atoms with Crippen molar-refractivity contribution in [2.45, 2.75) is 13.0 Å². The van der Waals surface area contributed by atoms with Crippen molar-refractivity contribution in [3.05, 3.63) is 18.0 Å². The van der Waals surface area contributed by atoms with Crippen LogP contribution in [0.4, 0.5) is 0 Å². The van der Waals surface area contributed by atoms with E-state index in [4.69, 9.17) is 5.73 Å². The molecule has 0 spiro atoms. The summed E-state index contributed by atoms with van der Waals surface area (Å²) < 4.78 is 25.0. The minimum absolute atomic E-state index is 0.0708. The van der Waals surface area contributed by atoms with Crippen molar-refractivity contribution in [3.8, 4) is 0 Å². The molecule has 0 fully saturated rings. The summed E-state index contributed by atoms with van der Waals surface area (Å²) in [5.74, 6) is 0.0708. The van der Waals surface area contributed by atoms with Crippen LogP contribution in [0.1, 0.15) is 12.0 Å². The molecule has 0 aliphatic rings. The minimum atomic E-state index is -3.19. The maximum absolute atomic E-state index is 11.3. The van der Waals surface area contributed by atoms with E-state index in [1.54, 1.807) is 12.4 Å². The van der Waals surface area contributed by atoms with Gasteiger partial charge >= 0.3 is 0 Å². The standard InChI is InChI=1S/C7H14N4O2S/c8-2-1-3-14(12,13)11-6-7-4-9-10-5-7/h4-5,11H,1-3,6,8H2,(H,9,10). The Morgan fingerprint density at radius 1 is 1.57 bits per heavy atom. The molecule has 0 aliphatic heterocycles. The zero-order valence-electron chi connectivity index (χ0n) is 7.73. The second kappa shape index (κ2) is 5.08. The summed E-state index contributed by atoms with van der Waals surface area (Å²) in [4.78, 5) is 0. The lowest BCUT2D eigenvalue weighted by molar-refractivity contribution is 0.579. The van der Waals surface area contributed by atoms with Gasteiger partial charge in [-0.15, -0.1) is 0 Å². The molecule has 0 atom stereocenters. The van der Waals surface area contributed by atoms with Crippen LogP contribution in [0, 0.1) is 0 Å². The van der Waals surface area contributed by atoms with Crippen LogP contribution in [0.5, 0.6) is 0 Å². The van der Waals surface area contributed by atoms with Crippen LogP contribution >= 0.6 is 0 Å². The number of rotatable bonds is 6. The highest BCUT2D eigenvalue weighted by Gasteiger charge is 2.08. The van der Waals surface area contributed by atoms with Crippen molar-refractivity contribution < 1.29 is 8.42 Å². The zero-order valence-corrected chi connectivity index (χ0v) is 8.55. The van der Waals surface area contributed by atoms with Gasteiger partial charge in [0.1, 0.15) is 0 Å². The molecule has 0 amide bonds.